The number of imidazole rings is 1. The van der Waals surface area contributed by atoms with Gasteiger partial charge in [0.1, 0.15) is 5.82 Å². The van der Waals surface area contributed by atoms with Crippen molar-refractivity contribution in [1.29, 1.82) is 0 Å². The number of benzene rings is 2. The molecule has 3 heterocycles. The molecule has 7 heteroatoms. The molecule has 170 valence electrons. The molecule has 0 atom stereocenters. The summed E-state index contributed by atoms with van der Waals surface area (Å²) in [5.74, 6) is 1.13. The minimum atomic E-state index is -0.237. The van der Waals surface area contributed by atoms with Crippen LogP contribution in [-0.2, 0) is 6.54 Å². The molecule has 0 bridgehead atoms. The summed E-state index contributed by atoms with van der Waals surface area (Å²) in [5.41, 5.74) is 4.80. The first-order chi connectivity index (χ1) is 16.5. The van der Waals surface area contributed by atoms with Gasteiger partial charge in [0.2, 0.25) is 0 Å². The number of rotatable bonds is 6. The lowest BCUT2D eigenvalue weighted by atomic mass is 10.0. The van der Waals surface area contributed by atoms with Crippen molar-refractivity contribution in [2.75, 3.05) is 5.32 Å². The Kier molecular flexibility index (Phi) is 5.67. The van der Waals surface area contributed by atoms with Crippen LogP contribution in [-0.4, -0.2) is 25.6 Å². The Bertz CT molecular complexity index is 1470. The number of carbonyl (C=O) groups excluding carboxylic acids is 1. The number of fused-ring (bicyclic) bond motifs is 1. The summed E-state index contributed by atoms with van der Waals surface area (Å²) < 4.78 is 7.54. The number of aryl methyl sites for hydroxylation is 1. The van der Waals surface area contributed by atoms with E-state index >= 15 is 0 Å². The van der Waals surface area contributed by atoms with Gasteiger partial charge in [-0.2, -0.15) is 0 Å². The van der Waals surface area contributed by atoms with E-state index in [2.05, 4.69) is 38.9 Å². The molecule has 7 nitrogen and oxygen atoms in total. The highest BCUT2D eigenvalue weighted by Gasteiger charge is 2.19. The molecule has 5 aromatic rings. The molecule has 34 heavy (non-hydrogen) atoms. The molecule has 2 aromatic carbocycles. The molecule has 1 amide bonds. The zero-order valence-electron chi connectivity index (χ0n) is 19.3. The van der Waals surface area contributed by atoms with Crippen LogP contribution in [0.2, 0.25) is 0 Å². The lowest BCUT2D eigenvalue weighted by molar-refractivity contribution is 0.102. The van der Waals surface area contributed by atoms with Crippen molar-refractivity contribution < 1.29 is 9.32 Å². The molecule has 0 unspecified atom stereocenters. The van der Waals surface area contributed by atoms with Gasteiger partial charge in [-0.05, 0) is 30.7 Å². The number of hydrogen-bond donors (Lipinski definition) is 1. The number of pyridine rings is 1. The first-order valence-electron chi connectivity index (χ1n) is 11.2. The summed E-state index contributed by atoms with van der Waals surface area (Å²) in [6.07, 6.45) is 3.80. The highest BCUT2D eigenvalue weighted by Crippen LogP contribution is 2.28. The van der Waals surface area contributed by atoms with Gasteiger partial charge in [-0.3, -0.25) is 4.79 Å². The Hall–Kier alpha value is -4.26. The molecule has 0 spiro atoms. The third-order valence-electron chi connectivity index (χ3n) is 5.73. The monoisotopic (exact) mass is 451 g/mol. The van der Waals surface area contributed by atoms with Crippen LogP contribution in [0.25, 0.3) is 22.4 Å². The molecule has 1 N–H and O–H groups in total. The molecule has 0 aliphatic carbocycles. The van der Waals surface area contributed by atoms with Crippen molar-refractivity contribution in [3.05, 3.63) is 95.7 Å². The molecular formula is C27H25N5O2. The lowest BCUT2D eigenvalue weighted by Crippen LogP contribution is -2.13. The van der Waals surface area contributed by atoms with Crippen molar-refractivity contribution in [2.45, 2.75) is 33.2 Å². The maximum Gasteiger partial charge on any atom is 0.259 e. The molecule has 0 saturated carbocycles. The number of carbonyl (C=O) groups is 1. The van der Waals surface area contributed by atoms with E-state index in [1.807, 2.05) is 73.9 Å². The van der Waals surface area contributed by atoms with Crippen molar-refractivity contribution in [2.24, 2.45) is 0 Å². The minimum absolute atomic E-state index is 0.237. The second kappa shape index (κ2) is 8.94. The quantitative estimate of drug-likeness (QED) is 0.352. The van der Waals surface area contributed by atoms with Crippen molar-refractivity contribution in [3.8, 4) is 11.3 Å². The third kappa shape index (κ3) is 4.20. The SMILES string of the molecule is Cc1noc2nc(-c3ccccc3)cc(C(=O)Nc3cccc(Cn4ccnc4C(C)C)c3)c12. The van der Waals surface area contributed by atoms with Gasteiger partial charge in [-0.15, -0.1) is 0 Å². The van der Waals surface area contributed by atoms with Gasteiger partial charge in [-0.1, -0.05) is 61.5 Å². The number of nitrogens with zero attached hydrogens (tertiary/aromatic N) is 4. The standard InChI is InChI=1S/C27H25N5O2/c1-17(2)25-28-12-13-32(25)16-19-8-7-11-21(14-19)29-26(33)22-15-23(20-9-5-4-6-10-20)30-27-24(22)18(3)31-34-27/h4-15,17H,16H2,1-3H3,(H,29,33). The van der Waals surface area contributed by atoms with Crippen molar-refractivity contribution in [1.82, 2.24) is 19.7 Å². The topological polar surface area (TPSA) is 85.8 Å². The first kappa shape index (κ1) is 21.6. The molecular weight excluding hydrogens is 426 g/mol. The fraction of sp³-hybridized carbons (Fsp3) is 0.185. The molecule has 0 radical (unpaired) electrons. The smallest absolute Gasteiger partial charge is 0.259 e. The molecule has 5 rings (SSSR count). The van der Waals surface area contributed by atoms with Crippen LogP contribution in [0.15, 0.2) is 77.6 Å². The zero-order chi connectivity index (χ0) is 23.7. The molecule has 3 aromatic heterocycles. The van der Waals surface area contributed by atoms with Crippen molar-refractivity contribution in [3.63, 3.8) is 0 Å². The van der Waals surface area contributed by atoms with Gasteiger partial charge in [0, 0.05) is 36.1 Å². The van der Waals surface area contributed by atoms with Crippen LogP contribution in [0.4, 0.5) is 5.69 Å². The fourth-order valence-electron chi connectivity index (χ4n) is 4.13. The molecule has 0 fully saturated rings. The number of nitrogens with one attached hydrogen (secondary N) is 1. The number of hydrogen-bond acceptors (Lipinski definition) is 5. The average molecular weight is 452 g/mol. The van der Waals surface area contributed by atoms with E-state index in [1.165, 1.54) is 0 Å². The van der Waals surface area contributed by atoms with E-state index in [-0.39, 0.29) is 5.91 Å². The lowest BCUT2D eigenvalue weighted by Gasteiger charge is -2.12. The summed E-state index contributed by atoms with van der Waals surface area (Å²) in [5, 5.41) is 7.69. The fourth-order valence-corrected chi connectivity index (χ4v) is 4.13. The minimum Gasteiger partial charge on any atom is -0.335 e. The van der Waals surface area contributed by atoms with Gasteiger partial charge < -0.3 is 14.4 Å². The molecule has 0 saturated heterocycles. The Morgan fingerprint density at radius 1 is 1.09 bits per heavy atom. The number of aromatic nitrogens is 4. The van der Waals surface area contributed by atoms with Crippen LogP contribution in [0.5, 0.6) is 0 Å². The third-order valence-corrected chi connectivity index (χ3v) is 5.73. The Morgan fingerprint density at radius 3 is 2.71 bits per heavy atom. The van der Waals surface area contributed by atoms with E-state index in [4.69, 9.17) is 4.52 Å². The van der Waals surface area contributed by atoms with Gasteiger partial charge in [0.05, 0.1) is 22.3 Å². The van der Waals surface area contributed by atoms with Crippen LogP contribution in [0.3, 0.4) is 0 Å². The number of anilines is 1. The number of amides is 1. The normalized spacial score (nSPS) is 11.3. The van der Waals surface area contributed by atoms with E-state index in [1.54, 1.807) is 6.07 Å². The van der Waals surface area contributed by atoms with Gasteiger partial charge in [0.15, 0.2) is 0 Å². The van der Waals surface area contributed by atoms with E-state index in [0.717, 1.165) is 17.0 Å². The predicted molar refractivity (Wildman–Crippen MR) is 132 cm³/mol. The first-order valence-corrected chi connectivity index (χ1v) is 11.2. The Morgan fingerprint density at radius 2 is 1.91 bits per heavy atom. The summed E-state index contributed by atoms with van der Waals surface area (Å²) in [6, 6.07) is 19.4. The largest absolute Gasteiger partial charge is 0.335 e. The van der Waals surface area contributed by atoms with E-state index < -0.39 is 0 Å². The van der Waals surface area contributed by atoms with Gasteiger partial charge >= 0.3 is 0 Å². The van der Waals surface area contributed by atoms with Gasteiger partial charge in [0.25, 0.3) is 11.6 Å². The van der Waals surface area contributed by atoms with Crippen LogP contribution in [0, 0.1) is 6.92 Å². The average Bonchev–Trinajstić information content (AvgIpc) is 3.46. The Balaban J connectivity index is 1.46. The van der Waals surface area contributed by atoms with Crippen LogP contribution < -0.4 is 5.32 Å². The van der Waals surface area contributed by atoms with Gasteiger partial charge in [-0.25, -0.2) is 9.97 Å². The zero-order valence-corrected chi connectivity index (χ0v) is 19.3. The maximum atomic E-state index is 13.4. The highest BCUT2D eigenvalue weighted by atomic mass is 16.5. The van der Waals surface area contributed by atoms with E-state index in [9.17, 15) is 4.79 Å². The second-order valence-corrected chi connectivity index (χ2v) is 8.59. The van der Waals surface area contributed by atoms with Crippen molar-refractivity contribution >= 4 is 22.7 Å². The van der Waals surface area contributed by atoms with Crippen LogP contribution in [0.1, 0.15) is 47.2 Å². The summed E-state index contributed by atoms with van der Waals surface area (Å²) in [6.45, 7) is 6.74. The summed E-state index contributed by atoms with van der Waals surface area (Å²) in [4.78, 5) is 22.4. The van der Waals surface area contributed by atoms with E-state index in [0.29, 0.717) is 46.2 Å². The highest BCUT2D eigenvalue weighted by molar-refractivity contribution is 6.13. The van der Waals surface area contributed by atoms with Crippen LogP contribution >= 0.6 is 0 Å². The molecule has 0 aliphatic heterocycles. The maximum absolute atomic E-state index is 13.4. The predicted octanol–water partition coefficient (Wildman–Crippen LogP) is 5.82. The second-order valence-electron chi connectivity index (χ2n) is 8.59. The Labute approximate surface area is 197 Å². The molecule has 0 aliphatic rings. The summed E-state index contributed by atoms with van der Waals surface area (Å²) >= 11 is 0. The summed E-state index contributed by atoms with van der Waals surface area (Å²) in [7, 11) is 0.